The van der Waals surface area contributed by atoms with Gasteiger partial charge in [-0.15, -0.1) is 23.5 Å². The van der Waals surface area contributed by atoms with Gasteiger partial charge in [-0.1, -0.05) is 12.1 Å². The molecule has 1 aromatic rings. The minimum Gasteiger partial charge on any atom is -0.368 e. The second-order valence-electron chi connectivity index (χ2n) is 4.20. The molecule has 1 fully saturated rings. The van der Waals surface area contributed by atoms with Gasteiger partial charge in [0.2, 0.25) is 5.91 Å². The number of nitrogens with two attached hydrogens (primary N) is 1. The molecule has 1 saturated heterocycles. The third-order valence-electron chi connectivity index (χ3n) is 2.70. The first-order chi connectivity index (χ1) is 9.16. The van der Waals surface area contributed by atoms with Crippen molar-refractivity contribution in [1.82, 2.24) is 5.32 Å². The van der Waals surface area contributed by atoms with Gasteiger partial charge in [0.05, 0.1) is 11.1 Å². The first-order valence-corrected chi connectivity index (χ1v) is 8.16. The van der Waals surface area contributed by atoms with Crippen molar-refractivity contribution in [2.24, 2.45) is 5.73 Å². The van der Waals surface area contributed by atoms with E-state index in [1.54, 1.807) is 12.1 Å². The van der Waals surface area contributed by atoms with Gasteiger partial charge in [-0.3, -0.25) is 9.59 Å². The van der Waals surface area contributed by atoms with E-state index in [4.69, 9.17) is 5.73 Å². The van der Waals surface area contributed by atoms with E-state index in [-0.39, 0.29) is 12.5 Å². The van der Waals surface area contributed by atoms with Crippen molar-refractivity contribution in [1.29, 1.82) is 0 Å². The summed E-state index contributed by atoms with van der Waals surface area (Å²) in [7, 11) is 0. The lowest BCUT2D eigenvalue weighted by atomic mass is 10.1. The molecule has 1 aliphatic heterocycles. The van der Waals surface area contributed by atoms with Crippen molar-refractivity contribution in [3.63, 3.8) is 0 Å². The average molecular weight is 296 g/mol. The van der Waals surface area contributed by atoms with Crippen LogP contribution in [0.15, 0.2) is 24.3 Å². The number of nitrogens with one attached hydrogen (secondary N) is 1. The summed E-state index contributed by atoms with van der Waals surface area (Å²) in [6, 6.07) is 7.55. The number of carbonyl (C=O) groups is 2. The molecule has 0 aromatic heterocycles. The Morgan fingerprint density at radius 2 is 1.84 bits per heavy atom. The van der Waals surface area contributed by atoms with Gasteiger partial charge in [0.15, 0.2) is 0 Å². The Labute approximate surface area is 120 Å². The van der Waals surface area contributed by atoms with E-state index in [2.05, 4.69) is 5.32 Å². The molecule has 0 atom stereocenters. The van der Waals surface area contributed by atoms with Gasteiger partial charge in [0.25, 0.3) is 5.91 Å². The van der Waals surface area contributed by atoms with Crippen molar-refractivity contribution in [2.75, 3.05) is 18.1 Å². The van der Waals surface area contributed by atoms with E-state index in [1.807, 2.05) is 35.7 Å². The summed E-state index contributed by atoms with van der Waals surface area (Å²) in [6.45, 7) is -0.130. The maximum atomic E-state index is 11.7. The maximum absolute atomic E-state index is 11.7. The largest absolute Gasteiger partial charge is 0.368 e. The number of primary amides is 1. The number of hydrogen-bond donors (Lipinski definition) is 2. The molecule has 0 unspecified atom stereocenters. The lowest BCUT2D eigenvalue weighted by Crippen LogP contribution is -2.33. The first-order valence-electron chi connectivity index (χ1n) is 6.06. The smallest absolute Gasteiger partial charge is 0.251 e. The molecule has 19 heavy (non-hydrogen) atoms. The van der Waals surface area contributed by atoms with Crippen LogP contribution in [-0.4, -0.2) is 29.9 Å². The average Bonchev–Trinajstić information content (AvgIpc) is 2.46. The SMILES string of the molecule is NC(=O)CNC(=O)c1ccc(C2SCCCS2)cc1. The van der Waals surface area contributed by atoms with Crippen LogP contribution in [-0.2, 0) is 4.79 Å². The fourth-order valence-corrected chi connectivity index (χ4v) is 4.64. The Hall–Kier alpha value is -1.14. The highest BCUT2D eigenvalue weighted by Gasteiger charge is 2.16. The Morgan fingerprint density at radius 3 is 2.42 bits per heavy atom. The van der Waals surface area contributed by atoms with Crippen LogP contribution in [0.25, 0.3) is 0 Å². The fraction of sp³-hybridized carbons (Fsp3) is 0.385. The molecule has 2 amide bonds. The molecule has 1 heterocycles. The minimum absolute atomic E-state index is 0.130. The summed E-state index contributed by atoms with van der Waals surface area (Å²) < 4.78 is 0.469. The van der Waals surface area contributed by atoms with Crippen molar-refractivity contribution in [3.05, 3.63) is 35.4 Å². The van der Waals surface area contributed by atoms with Gasteiger partial charge in [-0.05, 0) is 35.6 Å². The lowest BCUT2D eigenvalue weighted by Gasteiger charge is -2.21. The number of amides is 2. The van der Waals surface area contributed by atoms with Gasteiger partial charge >= 0.3 is 0 Å². The van der Waals surface area contributed by atoms with Crippen LogP contribution < -0.4 is 11.1 Å². The molecule has 4 nitrogen and oxygen atoms in total. The van der Waals surface area contributed by atoms with Crippen LogP contribution in [0.5, 0.6) is 0 Å². The van der Waals surface area contributed by atoms with Gasteiger partial charge in [-0.2, -0.15) is 0 Å². The molecule has 0 aliphatic carbocycles. The van der Waals surface area contributed by atoms with Crippen LogP contribution in [0, 0.1) is 0 Å². The molecule has 0 radical (unpaired) electrons. The number of benzene rings is 1. The molecule has 0 bridgehead atoms. The highest BCUT2D eigenvalue weighted by atomic mass is 32.2. The third kappa shape index (κ3) is 4.18. The predicted molar refractivity (Wildman–Crippen MR) is 80.2 cm³/mol. The molecule has 2 rings (SSSR count). The first kappa shape index (κ1) is 14.3. The summed E-state index contributed by atoms with van der Waals surface area (Å²) in [5.74, 6) is 1.58. The molecule has 0 spiro atoms. The summed E-state index contributed by atoms with van der Waals surface area (Å²) in [5, 5.41) is 2.47. The molecule has 0 saturated carbocycles. The van der Waals surface area contributed by atoms with Gasteiger partial charge in [0.1, 0.15) is 0 Å². The number of rotatable bonds is 4. The molecule has 102 valence electrons. The Bertz CT molecular complexity index is 456. The lowest BCUT2D eigenvalue weighted by molar-refractivity contribution is -0.117. The molecule has 1 aliphatic rings. The van der Waals surface area contributed by atoms with Crippen LogP contribution in [0.4, 0.5) is 0 Å². The number of hydrogen-bond acceptors (Lipinski definition) is 4. The van der Waals surface area contributed by atoms with Crippen LogP contribution in [0.2, 0.25) is 0 Å². The quantitative estimate of drug-likeness (QED) is 0.888. The van der Waals surface area contributed by atoms with E-state index in [1.165, 1.54) is 23.5 Å². The maximum Gasteiger partial charge on any atom is 0.251 e. The second kappa shape index (κ2) is 6.86. The molecular formula is C13H16N2O2S2. The van der Waals surface area contributed by atoms with E-state index < -0.39 is 5.91 Å². The highest BCUT2D eigenvalue weighted by molar-refractivity contribution is 8.16. The fourth-order valence-electron chi connectivity index (χ4n) is 1.74. The van der Waals surface area contributed by atoms with Crippen molar-refractivity contribution >= 4 is 35.3 Å². The van der Waals surface area contributed by atoms with E-state index >= 15 is 0 Å². The van der Waals surface area contributed by atoms with Gasteiger partial charge in [0, 0.05) is 5.56 Å². The topological polar surface area (TPSA) is 72.2 Å². The minimum atomic E-state index is -0.542. The van der Waals surface area contributed by atoms with E-state index in [0.29, 0.717) is 10.1 Å². The van der Waals surface area contributed by atoms with Crippen molar-refractivity contribution in [3.8, 4) is 0 Å². The zero-order chi connectivity index (χ0) is 13.7. The van der Waals surface area contributed by atoms with Gasteiger partial charge in [-0.25, -0.2) is 0 Å². The molecule has 6 heteroatoms. The van der Waals surface area contributed by atoms with Crippen LogP contribution >= 0.6 is 23.5 Å². The molecular weight excluding hydrogens is 280 g/mol. The van der Waals surface area contributed by atoms with Crippen LogP contribution in [0.3, 0.4) is 0 Å². The Kier molecular flexibility index (Phi) is 5.15. The number of carbonyl (C=O) groups excluding carboxylic acids is 2. The highest BCUT2D eigenvalue weighted by Crippen LogP contribution is 2.43. The normalized spacial score (nSPS) is 16.0. The Morgan fingerprint density at radius 1 is 1.21 bits per heavy atom. The standard InChI is InChI=1S/C13H16N2O2S2/c14-11(16)8-15-12(17)9-2-4-10(5-3-9)13-18-6-1-7-19-13/h2-5,13H,1,6-8H2,(H2,14,16)(H,15,17). The third-order valence-corrected chi connectivity index (χ3v) is 5.71. The summed E-state index contributed by atoms with van der Waals surface area (Å²) >= 11 is 3.89. The summed E-state index contributed by atoms with van der Waals surface area (Å²) in [4.78, 5) is 22.3. The van der Waals surface area contributed by atoms with Crippen molar-refractivity contribution in [2.45, 2.75) is 11.0 Å². The Balaban J connectivity index is 1.97. The summed E-state index contributed by atoms with van der Waals surface area (Å²) in [6.07, 6.45) is 1.26. The predicted octanol–water partition coefficient (Wildman–Crippen LogP) is 1.77. The molecule has 3 N–H and O–H groups in total. The van der Waals surface area contributed by atoms with Crippen LogP contribution in [0.1, 0.15) is 26.9 Å². The van der Waals surface area contributed by atoms with E-state index in [0.717, 1.165) is 0 Å². The van der Waals surface area contributed by atoms with E-state index in [9.17, 15) is 9.59 Å². The number of thioether (sulfide) groups is 2. The summed E-state index contributed by atoms with van der Waals surface area (Å²) in [5.41, 5.74) is 6.77. The molecule has 1 aromatic carbocycles. The zero-order valence-corrected chi connectivity index (χ0v) is 12.1. The van der Waals surface area contributed by atoms with Crippen molar-refractivity contribution < 1.29 is 9.59 Å². The van der Waals surface area contributed by atoms with Gasteiger partial charge < -0.3 is 11.1 Å². The monoisotopic (exact) mass is 296 g/mol. The zero-order valence-electron chi connectivity index (χ0n) is 10.4. The second-order valence-corrected chi connectivity index (χ2v) is 6.92.